The van der Waals surface area contributed by atoms with E-state index in [1.165, 1.54) is 24.1 Å². The number of rotatable bonds is 5. The van der Waals surface area contributed by atoms with Crippen LogP contribution in [0.1, 0.15) is 22.7 Å². The maximum absolute atomic E-state index is 14.3. The van der Waals surface area contributed by atoms with Crippen molar-refractivity contribution in [3.8, 4) is 5.75 Å². The molecule has 32 heavy (non-hydrogen) atoms. The Balaban J connectivity index is 1.86. The quantitative estimate of drug-likeness (QED) is 0.317. The Labute approximate surface area is 192 Å². The number of carbonyl (C=O) groups excluding carboxylic acids is 2. The molecule has 1 amide bonds. The number of likely N-dealkylation sites (tertiary alicyclic amines) is 1. The summed E-state index contributed by atoms with van der Waals surface area (Å²) < 4.78 is 20.0. The van der Waals surface area contributed by atoms with Gasteiger partial charge in [-0.2, -0.15) is 0 Å². The van der Waals surface area contributed by atoms with Gasteiger partial charge in [-0.25, -0.2) is 4.39 Å². The lowest BCUT2D eigenvalue weighted by Crippen LogP contribution is -2.29. The summed E-state index contributed by atoms with van der Waals surface area (Å²) in [5.41, 5.74) is 1.33. The number of carbonyl (C=O) groups is 2. The van der Waals surface area contributed by atoms with Crippen molar-refractivity contribution in [3.63, 3.8) is 0 Å². The number of amides is 1. The lowest BCUT2D eigenvalue weighted by molar-refractivity contribution is -0.140. The molecular formula is C24H18BrFN2O4. The van der Waals surface area contributed by atoms with Gasteiger partial charge >= 0.3 is 0 Å². The Morgan fingerprint density at radius 3 is 2.56 bits per heavy atom. The molecule has 0 spiro atoms. The van der Waals surface area contributed by atoms with Crippen LogP contribution in [0, 0.1) is 5.82 Å². The zero-order valence-corrected chi connectivity index (χ0v) is 18.5. The number of aliphatic hydroxyl groups is 1. The summed E-state index contributed by atoms with van der Waals surface area (Å²) in [6, 6.07) is 13.6. The van der Waals surface area contributed by atoms with Crippen LogP contribution >= 0.6 is 15.9 Å². The molecule has 162 valence electrons. The van der Waals surface area contributed by atoms with Gasteiger partial charge in [0.2, 0.25) is 0 Å². The summed E-state index contributed by atoms with van der Waals surface area (Å²) >= 11 is 3.38. The lowest BCUT2D eigenvalue weighted by Gasteiger charge is -2.25. The molecule has 1 atom stereocenters. The van der Waals surface area contributed by atoms with Crippen LogP contribution in [0.3, 0.4) is 0 Å². The predicted molar refractivity (Wildman–Crippen MR) is 119 cm³/mol. The predicted octanol–water partition coefficient (Wildman–Crippen LogP) is 4.61. The number of aromatic nitrogens is 1. The molecule has 4 rings (SSSR count). The molecule has 1 fully saturated rings. The van der Waals surface area contributed by atoms with Crippen LogP contribution in [-0.4, -0.2) is 33.8 Å². The number of pyridine rings is 1. The molecule has 6 nitrogen and oxygen atoms in total. The molecule has 0 radical (unpaired) electrons. The Hall–Kier alpha value is -3.52. The third-order valence-electron chi connectivity index (χ3n) is 5.23. The molecule has 0 saturated carbocycles. The number of hydrogen-bond donors (Lipinski definition) is 1. The maximum atomic E-state index is 14.3. The highest BCUT2D eigenvalue weighted by Gasteiger charge is 2.46. The van der Waals surface area contributed by atoms with Crippen LogP contribution in [0.4, 0.5) is 4.39 Å². The van der Waals surface area contributed by atoms with Gasteiger partial charge in [0.05, 0.1) is 18.7 Å². The molecule has 1 saturated heterocycles. The van der Waals surface area contributed by atoms with E-state index in [4.69, 9.17) is 4.74 Å². The molecule has 3 aromatic rings. The molecule has 1 aromatic heterocycles. The van der Waals surface area contributed by atoms with Crippen LogP contribution < -0.4 is 4.74 Å². The first kappa shape index (κ1) is 21.7. The van der Waals surface area contributed by atoms with E-state index in [9.17, 15) is 19.1 Å². The molecule has 1 aliphatic rings. The highest BCUT2D eigenvalue weighted by Crippen LogP contribution is 2.40. The lowest BCUT2D eigenvalue weighted by atomic mass is 9.95. The SMILES string of the molecule is COc1ccc(C(O)=C2C(=O)C(=O)N(Cc3cccnc3)C2c2ccc(Br)cc2)cc1F. The second-order valence-corrected chi connectivity index (χ2v) is 8.10. The number of Topliss-reactive ketones (excluding diaryl/α,β-unsaturated/α-hetero) is 1. The van der Waals surface area contributed by atoms with Crippen LogP contribution in [0.15, 0.2) is 77.0 Å². The highest BCUT2D eigenvalue weighted by atomic mass is 79.9. The second-order valence-electron chi connectivity index (χ2n) is 7.19. The number of methoxy groups -OCH3 is 1. The summed E-state index contributed by atoms with van der Waals surface area (Å²) in [6.45, 7) is 0.118. The van der Waals surface area contributed by atoms with E-state index < -0.39 is 29.3 Å². The standard InChI is InChI=1S/C24H18BrFN2O4/c1-32-19-9-6-16(11-18(19)26)22(29)20-21(15-4-7-17(25)8-5-15)28(24(31)23(20)30)13-14-3-2-10-27-12-14/h2-12,21,29H,13H2,1H3. The Morgan fingerprint density at radius 1 is 1.19 bits per heavy atom. The molecule has 2 aromatic carbocycles. The summed E-state index contributed by atoms with van der Waals surface area (Å²) in [5, 5.41) is 11.0. The third-order valence-corrected chi connectivity index (χ3v) is 5.76. The van der Waals surface area contributed by atoms with Crippen molar-refractivity contribution in [2.24, 2.45) is 0 Å². The van der Waals surface area contributed by atoms with Gasteiger partial charge in [-0.1, -0.05) is 34.1 Å². The highest BCUT2D eigenvalue weighted by molar-refractivity contribution is 9.10. The van der Waals surface area contributed by atoms with E-state index in [1.807, 2.05) is 0 Å². The fraction of sp³-hybridized carbons (Fsp3) is 0.125. The van der Waals surface area contributed by atoms with Crippen LogP contribution in [-0.2, 0) is 16.1 Å². The smallest absolute Gasteiger partial charge is 0.295 e. The Kier molecular flexibility index (Phi) is 6.05. The van der Waals surface area contributed by atoms with Gasteiger partial charge in [0.15, 0.2) is 11.6 Å². The van der Waals surface area contributed by atoms with Crippen molar-refractivity contribution >= 4 is 33.4 Å². The molecular weight excluding hydrogens is 479 g/mol. The summed E-state index contributed by atoms with van der Waals surface area (Å²) in [4.78, 5) is 31.5. The molecule has 1 N–H and O–H groups in total. The van der Waals surface area contributed by atoms with Gasteiger partial charge in [0.25, 0.3) is 11.7 Å². The minimum Gasteiger partial charge on any atom is -0.507 e. The van der Waals surface area contributed by atoms with Gasteiger partial charge < -0.3 is 14.7 Å². The number of benzene rings is 2. The maximum Gasteiger partial charge on any atom is 0.295 e. The molecule has 2 heterocycles. The summed E-state index contributed by atoms with van der Waals surface area (Å²) in [5.74, 6) is -2.73. The number of ether oxygens (including phenoxy) is 1. The first-order valence-corrected chi connectivity index (χ1v) is 10.5. The first-order valence-electron chi connectivity index (χ1n) is 9.67. The van der Waals surface area contributed by atoms with Gasteiger partial charge in [0, 0.05) is 29.0 Å². The van der Waals surface area contributed by atoms with Crippen molar-refractivity contribution in [1.82, 2.24) is 9.88 Å². The summed E-state index contributed by atoms with van der Waals surface area (Å²) in [7, 11) is 1.33. The van der Waals surface area contributed by atoms with E-state index in [2.05, 4.69) is 20.9 Å². The average molecular weight is 497 g/mol. The monoisotopic (exact) mass is 496 g/mol. The molecule has 0 bridgehead atoms. The van der Waals surface area contributed by atoms with Crippen molar-refractivity contribution in [3.05, 3.63) is 99.5 Å². The minimum absolute atomic E-state index is 0.00281. The van der Waals surface area contributed by atoms with Crippen molar-refractivity contribution in [1.29, 1.82) is 0 Å². The van der Waals surface area contributed by atoms with Crippen molar-refractivity contribution < 1.29 is 23.8 Å². The van der Waals surface area contributed by atoms with E-state index in [0.29, 0.717) is 5.56 Å². The van der Waals surface area contributed by atoms with Gasteiger partial charge in [-0.3, -0.25) is 14.6 Å². The fourth-order valence-corrected chi connectivity index (χ4v) is 3.96. The molecule has 1 aliphatic heterocycles. The van der Waals surface area contributed by atoms with E-state index in [1.54, 1.807) is 48.8 Å². The first-order chi connectivity index (χ1) is 15.4. The van der Waals surface area contributed by atoms with E-state index in [-0.39, 0.29) is 23.4 Å². The largest absolute Gasteiger partial charge is 0.507 e. The van der Waals surface area contributed by atoms with E-state index in [0.717, 1.165) is 16.1 Å². The van der Waals surface area contributed by atoms with Crippen LogP contribution in [0.25, 0.3) is 5.76 Å². The number of ketones is 1. The van der Waals surface area contributed by atoms with E-state index >= 15 is 0 Å². The molecule has 1 unspecified atom stereocenters. The fourth-order valence-electron chi connectivity index (χ4n) is 3.69. The van der Waals surface area contributed by atoms with Crippen LogP contribution in [0.2, 0.25) is 0 Å². The number of halogens is 2. The third kappa shape index (κ3) is 4.01. The van der Waals surface area contributed by atoms with Gasteiger partial charge in [-0.15, -0.1) is 0 Å². The molecule has 0 aliphatic carbocycles. The topological polar surface area (TPSA) is 79.7 Å². The Bertz CT molecular complexity index is 1210. The molecule has 8 heteroatoms. The van der Waals surface area contributed by atoms with Crippen molar-refractivity contribution in [2.75, 3.05) is 7.11 Å². The Morgan fingerprint density at radius 2 is 1.94 bits per heavy atom. The van der Waals surface area contributed by atoms with Crippen LogP contribution in [0.5, 0.6) is 5.75 Å². The number of nitrogens with zero attached hydrogens (tertiary/aromatic N) is 2. The van der Waals surface area contributed by atoms with Gasteiger partial charge in [-0.05, 0) is 47.5 Å². The minimum atomic E-state index is -0.853. The summed E-state index contributed by atoms with van der Waals surface area (Å²) in [6.07, 6.45) is 3.22. The second kappa shape index (κ2) is 8.92. The number of hydrogen-bond acceptors (Lipinski definition) is 5. The van der Waals surface area contributed by atoms with Gasteiger partial charge in [0.1, 0.15) is 5.76 Å². The number of aliphatic hydroxyl groups excluding tert-OH is 1. The zero-order valence-electron chi connectivity index (χ0n) is 17.0. The zero-order chi connectivity index (χ0) is 22.8. The normalized spacial score (nSPS) is 17.6. The van der Waals surface area contributed by atoms with Crippen molar-refractivity contribution in [2.45, 2.75) is 12.6 Å². The average Bonchev–Trinajstić information content (AvgIpc) is 3.04.